The first-order valence-electron chi connectivity index (χ1n) is 4.61. The number of hydrogen-bond donors (Lipinski definition) is 0. The maximum atomic E-state index is 4.31. The quantitative estimate of drug-likeness (QED) is 0.492. The third-order valence-electron chi connectivity index (χ3n) is 2.22. The van der Waals surface area contributed by atoms with Gasteiger partial charge in [0.1, 0.15) is 0 Å². The lowest BCUT2D eigenvalue weighted by Gasteiger charge is -2.04. The molecule has 0 bridgehead atoms. The van der Waals surface area contributed by atoms with E-state index in [2.05, 4.69) is 50.2 Å². The lowest BCUT2D eigenvalue weighted by Crippen LogP contribution is -1.83. The summed E-state index contributed by atoms with van der Waals surface area (Å²) in [6.07, 6.45) is 3.42. The van der Waals surface area contributed by atoms with E-state index in [-0.39, 0.29) is 0 Å². The van der Waals surface area contributed by atoms with Gasteiger partial charge in [-0.25, -0.2) is 0 Å². The van der Waals surface area contributed by atoms with Crippen molar-refractivity contribution in [1.82, 2.24) is 0 Å². The summed E-state index contributed by atoms with van der Waals surface area (Å²) < 4.78 is 0. The molecular formula is C13H15N. The predicted octanol–water partition coefficient (Wildman–Crippen LogP) is 3.66. The van der Waals surface area contributed by atoms with Crippen LogP contribution >= 0.6 is 0 Å². The molecule has 72 valence electrons. The van der Waals surface area contributed by atoms with Crippen molar-refractivity contribution in [2.24, 2.45) is 4.99 Å². The van der Waals surface area contributed by atoms with Gasteiger partial charge in [-0.15, -0.1) is 5.73 Å². The average molecular weight is 185 g/mol. The summed E-state index contributed by atoms with van der Waals surface area (Å²) in [7, 11) is 0. The Labute approximate surface area is 85.5 Å². The Kier molecular flexibility index (Phi) is 3.44. The highest BCUT2D eigenvalue weighted by molar-refractivity contribution is 5.75. The van der Waals surface area contributed by atoms with Crippen molar-refractivity contribution < 1.29 is 0 Å². The molecular weight excluding hydrogens is 170 g/mol. The first-order valence-corrected chi connectivity index (χ1v) is 4.61. The molecule has 14 heavy (non-hydrogen) atoms. The molecule has 0 aliphatic carbocycles. The maximum Gasteiger partial charge on any atom is 0.0661 e. The second kappa shape index (κ2) is 4.59. The summed E-state index contributed by atoms with van der Waals surface area (Å²) in [5.74, 6) is 0. The second-order valence-corrected chi connectivity index (χ2v) is 3.37. The normalized spacial score (nSPS) is 10.2. The largest absolute Gasteiger partial charge is 0.256 e. The molecule has 0 radical (unpaired) electrons. The van der Waals surface area contributed by atoms with Crippen LogP contribution in [0.3, 0.4) is 0 Å². The van der Waals surface area contributed by atoms with Crippen molar-refractivity contribution in [3.8, 4) is 0 Å². The van der Waals surface area contributed by atoms with Gasteiger partial charge in [-0.2, -0.15) is 0 Å². The van der Waals surface area contributed by atoms with Gasteiger partial charge in [0, 0.05) is 6.21 Å². The van der Waals surface area contributed by atoms with Gasteiger partial charge in [0.25, 0.3) is 0 Å². The molecule has 0 aromatic heterocycles. The highest BCUT2D eigenvalue weighted by Gasteiger charge is 1.98. The van der Waals surface area contributed by atoms with E-state index in [0.717, 1.165) is 5.69 Å². The van der Waals surface area contributed by atoms with Crippen LogP contribution in [0.15, 0.2) is 35.5 Å². The first kappa shape index (κ1) is 10.5. The third-order valence-corrected chi connectivity index (χ3v) is 2.22. The van der Waals surface area contributed by atoms with E-state index in [9.17, 15) is 0 Å². The van der Waals surface area contributed by atoms with E-state index in [1.165, 1.54) is 16.7 Å². The molecule has 0 aliphatic rings. The Balaban J connectivity index is 3.09. The lowest BCUT2D eigenvalue weighted by molar-refractivity contribution is 1.28. The van der Waals surface area contributed by atoms with Gasteiger partial charge in [0.15, 0.2) is 0 Å². The summed E-state index contributed by atoms with van der Waals surface area (Å²) in [4.78, 5) is 4.31. The minimum atomic E-state index is 1.01. The van der Waals surface area contributed by atoms with Crippen LogP contribution in [-0.2, 0) is 0 Å². The Morgan fingerprint density at radius 3 is 2.43 bits per heavy atom. The van der Waals surface area contributed by atoms with Crippen LogP contribution in [0.25, 0.3) is 0 Å². The van der Waals surface area contributed by atoms with Crippen LogP contribution in [0.5, 0.6) is 0 Å². The Hall–Kier alpha value is -1.59. The number of aliphatic imine (C=N–C) groups is 1. The molecule has 0 fully saturated rings. The zero-order valence-electron chi connectivity index (χ0n) is 8.96. The van der Waals surface area contributed by atoms with Crippen molar-refractivity contribution >= 4 is 11.9 Å². The Morgan fingerprint density at radius 1 is 1.14 bits per heavy atom. The van der Waals surface area contributed by atoms with E-state index < -0.39 is 0 Å². The zero-order chi connectivity index (χ0) is 10.6. The van der Waals surface area contributed by atoms with E-state index in [1.54, 1.807) is 12.3 Å². The number of benzene rings is 1. The standard InChI is InChI=1S/C13H15N/c1-5-6-7-14-13-9-11(3)10(2)8-12(13)4/h6-9H,1H2,2-4H3/b14-7-. The summed E-state index contributed by atoms with van der Waals surface area (Å²) in [6.45, 7) is 9.75. The van der Waals surface area contributed by atoms with Crippen molar-refractivity contribution in [1.29, 1.82) is 0 Å². The van der Waals surface area contributed by atoms with E-state index in [4.69, 9.17) is 0 Å². The van der Waals surface area contributed by atoms with Gasteiger partial charge >= 0.3 is 0 Å². The smallest absolute Gasteiger partial charge is 0.0661 e. The van der Waals surface area contributed by atoms with Gasteiger partial charge < -0.3 is 0 Å². The molecule has 0 saturated heterocycles. The molecule has 1 aromatic carbocycles. The van der Waals surface area contributed by atoms with Crippen LogP contribution in [0, 0.1) is 20.8 Å². The molecule has 1 rings (SSSR count). The van der Waals surface area contributed by atoms with Crippen LogP contribution in [0.2, 0.25) is 0 Å². The van der Waals surface area contributed by atoms with Gasteiger partial charge in [-0.1, -0.05) is 12.6 Å². The molecule has 1 heteroatoms. The van der Waals surface area contributed by atoms with E-state index >= 15 is 0 Å². The summed E-state index contributed by atoms with van der Waals surface area (Å²) >= 11 is 0. The third kappa shape index (κ3) is 2.45. The molecule has 1 aromatic rings. The fourth-order valence-corrected chi connectivity index (χ4v) is 1.25. The molecule has 0 unspecified atom stereocenters. The fraction of sp³-hybridized carbons (Fsp3) is 0.231. The van der Waals surface area contributed by atoms with Crippen LogP contribution in [0.4, 0.5) is 5.69 Å². The van der Waals surface area contributed by atoms with Crippen LogP contribution in [0.1, 0.15) is 16.7 Å². The number of hydrogen-bond acceptors (Lipinski definition) is 1. The van der Waals surface area contributed by atoms with Crippen LogP contribution < -0.4 is 0 Å². The van der Waals surface area contributed by atoms with Crippen molar-refractivity contribution in [2.75, 3.05) is 0 Å². The molecule has 0 spiro atoms. The van der Waals surface area contributed by atoms with Gasteiger partial charge in [0.05, 0.1) is 5.69 Å². The summed E-state index contributed by atoms with van der Waals surface area (Å²) in [5, 5.41) is 0. The molecule has 0 heterocycles. The lowest BCUT2D eigenvalue weighted by atomic mass is 10.1. The number of allylic oxidation sites excluding steroid dienone is 1. The molecule has 0 amide bonds. The number of aryl methyl sites for hydroxylation is 3. The summed E-state index contributed by atoms with van der Waals surface area (Å²) in [5.41, 5.74) is 7.44. The topological polar surface area (TPSA) is 12.4 Å². The highest BCUT2D eigenvalue weighted by atomic mass is 14.7. The average Bonchev–Trinajstić information content (AvgIpc) is 2.14. The molecule has 0 N–H and O–H groups in total. The van der Waals surface area contributed by atoms with Crippen LogP contribution in [-0.4, -0.2) is 6.21 Å². The van der Waals surface area contributed by atoms with Crippen molar-refractivity contribution in [3.05, 3.63) is 47.2 Å². The van der Waals surface area contributed by atoms with E-state index in [0.29, 0.717) is 0 Å². The SMILES string of the molecule is C=C=C/C=N\c1cc(C)c(C)cc1C. The molecule has 0 atom stereocenters. The predicted molar refractivity (Wildman–Crippen MR) is 62.5 cm³/mol. The van der Waals surface area contributed by atoms with Gasteiger partial charge in [-0.05, 0) is 49.6 Å². The van der Waals surface area contributed by atoms with Gasteiger partial charge in [0.2, 0.25) is 0 Å². The maximum absolute atomic E-state index is 4.31. The molecule has 1 nitrogen and oxygen atoms in total. The highest BCUT2D eigenvalue weighted by Crippen LogP contribution is 2.22. The minimum Gasteiger partial charge on any atom is -0.256 e. The first-order chi connectivity index (χ1) is 6.65. The molecule has 0 aliphatic heterocycles. The second-order valence-electron chi connectivity index (χ2n) is 3.37. The number of rotatable bonds is 2. The number of nitrogens with zero attached hydrogens (tertiary/aromatic N) is 1. The Bertz CT molecular complexity index is 407. The molecule has 0 saturated carbocycles. The van der Waals surface area contributed by atoms with Crippen molar-refractivity contribution in [3.63, 3.8) is 0 Å². The summed E-state index contributed by atoms with van der Waals surface area (Å²) in [6, 6.07) is 4.25. The van der Waals surface area contributed by atoms with Crippen molar-refractivity contribution in [2.45, 2.75) is 20.8 Å². The van der Waals surface area contributed by atoms with Gasteiger partial charge in [-0.3, -0.25) is 4.99 Å². The monoisotopic (exact) mass is 185 g/mol. The minimum absolute atomic E-state index is 1.01. The van der Waals surface area contributed by atoms with E-state index in [1.807, 2.05) is 0 Å². The Morgan fingerprint density at radius 2 is 1.79 bits per heavy atom. The zero-order valence-corrected chi connectivity index (χ0v) is 8.96. The fourth-order valence-electron chi connectivity index (χ4n) is 1.25.